The molecular weight excluding hydrogens is 218 g/mol. The van der Waals surface area contributed by atoms with Crippen molar-refractivity contribution in [3.63, 3.8) is 0 Å². The van der Waals surface area contributed by atoms with Gasteiger partial charge in [0.05, 0.1) is 19.8 Å². The van der Waals surface area contributed by atoms with Crippen LogP contribution in [0.4, 0.5) is 0 Å². The molecule has 2 rings (SSSR count). The van der Waals surface area contributed by atoms with Gasteiger partial charge in [0.15, 0.2) is 0 Å². The lowest BCUT2D eigenvalue weighted by Gasteiger charge is -2.26. The van der Waals surface area contributed by atoms with Gasteiger partial charge in [-0.3, -0.25) is 4.79 Å². The van der Waals surface area contributed by atoms with Crippen LogP contribution in [-0.4, -0.2) is 35.7 Å². The molecule has 1 heterocycles. The number of β-amino-alcohol motifs (C(OH)–C–C–N with tert-alkyl or cyclic N) is 1. The average molecular weight is 233 g/mol. The molecule has 1 aromatic rings. The number of carbonyl (C=O) groups is 1. The first-order valence-electron chi connectivity index (χ1n) is 5.47. The van der Waals surface area contributed by atoms with Gasteiger partial charge in [0, 0.05) is 12.6 Å². The number of aliphatic hydroxyl groups excluding tert-OH is 1. The Kier molecular flexibility index (Phi) is 3.44. The smallest absolute Gasteiger partial charge is 0.246 e. The molecule has 1 aliphatic heterocycles. The normalized spacial score (nSPS) is 19.5. The van der Waals surface area contributed by atoms with Crippen LogP contribution in [0.1, 0.15) is 5.56 Å². The van der Waals surface area contributed by atoms with Crippen molar-refractivity contribution in [1.82, 2.24) is 4.90 Å². The van der Waals surface area contributed by atoms with Crippen molar-refractivity contribution in [2.45, 2.75) is 12.6 Å². The predicted molar refractivity (Wildman–Crippen MR) is 63.6 cm³/mol. The maximum atomic E-state index is 11.6. The van der Waals surface area contributed by atoms with Gasteiger partial charge < -0.3 is 14.7 Å². The maximum absolute atomic E-state index is 11.6. The zero-order valence-corrected chi connectivity index (χ0v) is 9.67. The summed E-state index contributed by atoms with van der Waals surface area (Å²) in [6, 6.07) is 7.54. The molecular formula is C13H15NO3. The zero-order valence-electron chi connectivity index (χ0n) is 9.67. The second kappa shape index (κ2) is 5.01. The lowest BCUT2D eigenvalue weighted by atomic mass is 10.1. The van der Waals surface area contributed by atoms with Gasteiger partial charge in [-0.05, 0) is 23.8 Å². The van der Waals surface area contributed by atoms with Crippen LogP contribution in [0, 0.1) is 0 Å². The van der Waals surface area contributed by atoms with E-state index in [2.05, 4.69) is 0 Å². The SMILES string of the molecule is COc1ccc(CN2C[C@H](O)C=CC2=O)cc1. The first kappa shape index (κ1) is 11.7. The van der Waals surface area contributed by atoms with E-state index in [0.717, 1.165) is 11.3 Å². The standard InChI is InChI=1S/C13H15NO3/c1-17-12-5-2-10(3-6-12)8-14-9-11(15)4-7-13(14)16/h2-7,11,15H,8-9H2,1H3/t11-/m1/s1. The molecule has 0 bridgehead atoms. The molecule has 0 saturated heterocycles. The molecule has 0 radical (unpaired) electrons. The molecule has 0 aliphatic carbocycles. The molecule has 0 fully saturated rings. The molecule has 4 nitrogen and oxygen atoms in total. The van der Waals surface area contributed by atoms with Gasteiger partial charge in [-0.2, -0.15) is 0 Å². The average Bonchev–Trinajstić information content (AvgIpc) is 2.35. The quantitative estimate of drug-likeness (QED) is 0.845. The van der Waals surface area contributed by atoms with Gasteiger partial charge in [-0.25, -0.2) is 0 Å². The summed E-state index contributed by atoms with van der Waals surface area (Å²) in [6.07, 6.45) is 2.37. The van der Waals surface area contributed by atoms with Crippen LogP contribution in [0.15, 0.2) is 36.4 Å². The molecule has 1 aromatic carbocycles. The summed E-state index contributed by atoms with van der Waals surface area (Å²) in [7, 11) is 1.62. The van der Waals surface area contributed by atoms with E-state index < -0.39 is 6.10 Å². The minimum absolute atomic E-state index is 0.0638. The Bertz CT molecular complexity index is 425. The van der Waals surface area contributed by atoms with Gasteiger partial charge in [-0.15, -0.1) is 0 Å². The molecule has 1 N–H and O–H groups in total. The molecule has 1 atom stereocenters. The Morgan fingerprint density at radius 1 is 1.41 bits per heavy atom. The van der Waals surface area contributed by atoms with E-state index >= 15 is 0 Å². The molecule has 0 saturated carbocycles. The van der Waals surface area contributed by atoms with Gasteiger partial charge in [0.1, 0.15) is 5.75 Å². The number of ether oxygens (including phenoxy) is 1. The Morgan fingerprint density at radius 2 is 2.12 bits per heavy atom. The number of nitrogens with zero attached hydrogens (tertiary/aromatic N) is 1. The maximum Gasteiger partial charge on any atom is 0.246 e. The fourth-order valence-corrected chi connectivity index (χ4v) is 1.77. The lowest BCUT2D eigenvalue weighted by molar-refractivity contribution is -0.128. The highest BCUT2D eigenvalue weighted by Crippen LogP contribution is 2.14. The number of methoxy groups -OCH3 is 1. The summed E-state index contributed by atoms with van der Waals surface area (Å²) in [5, 5.41) is 9.46. The number of carbonyl (C=O) groups excluding carboxylic acids is 1. The third-order valence-electron chi connectivity index (χ3n) is 2.71. The highest BCUT2D eigenvalue weighted by atomic mass is 16.5. The molecule has 1 amide bonds. The van der Waals surface area contributed by atoms with Crippen molar-refractivity contribution in [2.75, 3.05) is 13.7 Å². The van der Waals surface area contributed by atoms with Gasteiger partial charge >= 0.3 is 0 Å². The summed E-state index contributed by atoms with van der Waals surface area (Å²) < 4.78 is 5.07. The Hall–Kier alpha value is -1.81. The van der Waals surface area contributed by atoms with E-state index in [-0.39, 0.29) is 5.91 Å². The van der Waals surface area contributed by atoms with Crippen molar-refractivity contribution in [1.29, 1.82) is 0 Å². The van der Waals surface area contributed by atoms with Crippen LogP contribution >= 0.6 is 0 Å². The lowest BCUT2D eigenvalue weighted by Crippen LogP contribution is -2.38. The number of rotatable bonds is 3. The highest BCUT2D eigenvalue weighted by Gasteiger charge is 2.19. The van der Waals surface area contributed by atoms with Crippen LogP contribution < -0.4 is 4.74 Å². The minimum Gasteiger partial charge on any atom is -0.497 e. The van der Waals surface area contributed by atoms with Crippen molar-refractivity contribution in [3.05, 3.63) is 42.0 Å². The fourth-order valence-electron chi connectivity index (χ4n) is 1.77. The summed E-state index contributed by atoms with van der Waals surface area (Å²) in [4.78, 5) is 13.2. The van der Waals surface area contributed by atoms with Crippen molar-refractivity contribution < 1.29 is 14.6 Å². The van der Waals surface area contributed by atoms with Crippen molar-refractivity contribution >= 4 is 5.91 Å². The molecule has 0 aromatic heterocycles. The third-order valence-corrected chi connectivity index (χ3v) is 2.71. The predicted octanol–water partition coefficient (Wildman–Crippen LogP) is 0.954. The Labute approximate surface area is 100 Å². The van der Waals surface area contributed by atoms with Crippen molar-refractivity contribution in [3.8, 4) is 5.75 Å². The Morgan fingerprint density at radius 3 is 2.76 bits per heavy atom. The number of amides is 1. The number of aliphatic hydroxyl groups is 1. The van der Waals surface area contributed by atoms with E-state index in [0.29, 0.717) is 13.1 Å². The van der Waals surface area contributed by atoms with E-state index in [4.69, 9.17) is 4.74 Å². The summed E-state index contributed by atoms with van der Waals surface area (Å²) in [5.74, 6) is 0.727. The van der Waals surface area contributed by atoms with E-state index in [1.165, 1.54) is 12.2 Å². The topological polar surface area (TPSA) is 49.8 Å². The summed E-state index contributed by atoms with van der Waals surface area (Å²) in [6.45, 7) is 0.853. The highest BCUT2D eigenvalue weighted by molar-refractivity contribution is 5.88. The minimum atomic E-state index is -0.564. The van der Waals surface area contributed by atoms with Crippen molar-refractivity contribution in [2.24, 2.45) is 0 Å². The first-order valence-corrected chi connectivity index (χ1v) is 5.47. The number of hydrogen-bond acceptors (Lipinski definition) is 3. The molecule has 90 valence electrons. The van der Waals surface area contributed by atoms with Crippen LogP contribution in [0.3, 0.4) is 0 Å². The zero-order chi connectivity index (χ0) is 12.3. The summed E-state index contributed by atoms with van der Waals surface area (Å²) in [5.41, 5.74) is 1.02. The van der Waals surface area contributed by atoms with Gasteiger partial charge in [0.2, 0.25) is 5.91 Å². The van der Waals surface area contributed by atoms with E-state index in [1.807, 2.05) is 24.3 Å². The van der Waals surface area contributed by atoms with Crippen LogP contribution in [0.2, 0.25) is 0 Å². The summed E-state index contributed by atoms with van der Waals surface area (Å²) >= 11 is 0. The van der Waals surface area contributed by atoms with E-state index in [1.54, 1.807) is 12.0 Å². The van der Waals surface area contributed by atoms with Gasteiger partial charge in [0.25, 0.3) is 0 Å². The van der Waals surface area contributed by atoms with Gasteiger partial charge in [-0.1, -0.05) is 12.1 Å². The first-order chi connectivity index (χ1) is 8.19. The van der Waals surface area contributed by atoms with Crippen LogP contribution in [-0.2, 0) is 11.3 Å². The number of benzene rings is 1. The third kappa shape index (κ3) is 2.85. The fraction of sp³-hybridized carbons (Fsp3) is 0.308. The second-order valence-electron chi connectivity index (χ2n) is 3.99. The Balaban J connectivity index is 2.04. The van der Waals surface area contributed by atoms with E-state index in [9.17, 15) is 9.90 Å². The monoisotopic (exact) mass is 233 g/mol. The molecule has 1 aliphatic rings. The van der Waals surface area contributed by atoms with Crippen LogP contribution in [0.25, 0.3) is 0 Å². The van der Waals surface area contributed by atoms with Crippen LogP contribution in [0.5, 0.6) is 5.75 Å². The molecule has 17 heavy (non-hydrogen) atoms. The second-order valence-corrected chi connectivity index (χ2v) is 3.99. The largest absolute Gasteiger partial charge is 0.497 e. The molecule has 0 unspecified atom stereocenters. The molecule has 0 spiro atoms. The molecule has 4 heteroatoms. The number of hydrogen-bond donors (Lipinski definition) is 1.